The van der Waals surface area contributed by atoms with Crippen molar-refractivity contribution in [3.63, 3.8) is 0 Å². The number of sulfonamides is 1. The molecule has 7 nitrogen and oxygen atoms in total. The Hall–Kier alpha value is -1.78. The summed E-state index contributed by atoms with van der Waals surface area (Å²) >= 11 is 4.65. The van der Waals surface area contributed by atoms with Crippen LogP contribution in [-0.2, 0) is 10.0 Å². The summed E-state index contributed by atoms with van der Waals surface area (Å²) in [6, 6.07) is 2.69. The smallest absolute Gasteiger partial charge is 0.312 e. The monoisotopic (exact) mass is 320 g/mol. The number of amides is 2. The second-order valence-corrected chi connectivity index (χ2v) is 5.84. The normalized spacial score (nSPS) is 11.1. The van der Waals surface area contributed by atoms with E-state index in [9.17, 15) is 17.6 Å². The van der Waals surface area contributed by atoms with Crippen molar-refractivity contribution in [3.05, 3.63) is 29.6 Å². The Bertz CT molecular complexity index is 633. The fourth-order valence-corrected chi connectivity index (χ4v) is 2.95. The maximum Gasteiger partial charge on any atom is 0.312 e. The predicted molar refractivity (Wildman–Crippen MR) is 75.1 cm³/mol. The molecule has 0 atom stereocenters. The van der Waals surface area contributed by atoms with Gasteiger partial charge in [-0.1, -0.05) is 18.3 Å². The summed E-state index contributed by atoms with van der Waals surface area (Å²) in [5.41, 5.74) is 9.81. The van der Waals surface area contributed by atoms with Crippen molar-refractivity contribution < 1.29 is 17.6 Å². The lowest BCUT2D eigenvalue weighted by Gasteiger charge is -2.11. The van der Waals surface area contributed by atoms with Crippen LogP contribution in [0.3, 0.4) is 0 Å². The SMILES string of the molecule is NC(=O)NCCNS(=O)(=O)c1cccc(F)c1C(N)=S. The molecule has 1 aromatic carbocycles. The molecule has 10 heteroatoms. The minimum atomic E-state index is -4.01. The fourth-order valence-electron chi connectivity index (χ4n) is 1.42. The van der Waals surface area contributed by atoms with Crippen LogP contribution in [0.5, 0.6) is 0 Å². The van der Waals surface area contributed by atoms with E-state index < -0.39 is 21.9 Å². The molecular weight excluding hydrogens is 307 g/mol. The molecule has 1 aromatic rings. The molecule has 0 radical (unpaired) electrons. The van der Waals surface area contributed by atoms with Crippen LogP contribution in [0, 0.1) is 5.82 Å². The van der Waals surface area contributed by atoms with Gasteiger partial charge >= 0.3 is 6.03 Å². The molecule has 0 aliphatic rings. The molecular formula is C10H13FN4O3S2. The molecule has 0 saturated heterocycles. The summed E-state index contributed by atoms with van der Waals surface area (Å²) in [5, 5.41) is 2.21. The second-order valence-electron chi connectivity index (χ2n) is 3.67. The standard InChI is InChI=1S/C10H13FN4O3S2/c11-6-2-1-3-7(8(6)9(12)19)20(17,18)15-5-4-14-10(13)16/h1-3,15H,4-5H2,(H2,12,19)(H3,13,14,16). The van der Waals surface area contributed by atoms with Crippen LogP contribution >= 0.6 is 12.2 Å². The largest absolute Gasteiger partial charge is 0.389 e. The third-order valence-corrected chi connectivity index (χ3v) is 3.94. The van der Waals surface area contributed by atoms with Gasteiger partial charge in [0.15, 0.2) is 0 Å². The first-order valence-electron chi connectivity index (χ1n) is 5.37. The van der Waals surface area contributed by atoms with Crippen LogP contribution in [0.1, 0.15) is 5.56 Å². The first-order valence-corrected chi connectivity index (χ1v) is 7.26. The molecule has 110 valence electrons. The van der Waals surface area contributed by atoms with Gasteiger partial charge in [-0.25, -0.2) is 22.3 Å². The molecule has 6 N–H and O–H groups in total. The van der Waals surface area contributed by atoms with Gasteiger partial charge in [0.05, 0.1) is 10.5 Å². The zero-order valence-corrected chi connectivity index (χ0v) is 11.9. The van der Waals surface area contributed by atoms with Crippen molar-refractivity contribution in [2.75, 3.05) is 13.1 Å². The Morgan fingerprint density at radius 2 is 1.95 bits per heavy atom. The minimum absolute atomic E-state index is 0.00765. The second kappa shape index (κ2) is 6.59. The molecule has 0 unspecified atom stereocenters. The van der Waals surface area contributed by atoms with Gasteiger partial charge in [-0.3, -0.25) is 0 Å². The van der Waals surface area contributed by atoms with Crippen molar-refractivity contribution in [3.8, 4) is 0 Å². The van der Waals surface area contributed by atoms with Gasteiger partial charge in [-0.2, -0.15) is 0 Å². The number of hydrogen-bond acceptors (Lipinski definition) is 4. The van der Waals surface area contributed by atoms with Crippen LogP contribution in [0.25, 0.3) is 0 Å². The van der Waals surface area contributed by atoms with Crippen molar-refractivity contribution in [2.45, 2.75) is 4.90 Å². The third-order valence-electron chi connectivity index (χ3n) is 2.23. The predicted octanol–water partition coefficient (Wildman–Crippen LogP) is -0.594. The highest BCUT2D eigenvalue weighted by Gasteiger charge is 2.22. The number of primary amides is 1. The van der Waals surface area contributed by atoms with Gasteiger partial charge in [-0.15, -0.1) is 0 Å². The number of urea groups is 1. The highest BCUT2D eigenvalue weighted by atomic mass is 32.2. The zero-order valence-electron chi connectivity index (χ0n) is 10.2. The molecule has 0 bridgehead atoms. The lowest BCUT2D eigenvalue weighted by Crippen LogP contribution is -2.37. The van der Waals surface area contributed by atoms with E-state index in [0.717, 1.165) is 6.07 Å². The van der Waals surface area contributed by atoms with Crippen LogP contribution in [0.2, 0.25) is 0 Å². The Kier molecular flexibility index (Phi) is 5.36. The minimum Gasteiger partial charge on any atom is -0.389 e. The van der Waals surface area contributed by atoms with E-state index in [2.05, 4.69) is 22.3 Å². The lowest BCUT2D eigenvalue weighted by atomic mass is 10.2. The number of hydrogen-bond donors (Lipinski definition) is 4. The molecule has 2 amide bonds. The Morgan fingerprint density at radius 3 is 2.50 bits per heavy atom. The van der Waals surface area contributed by atoms with E-state index in [4.69, 9.17) is 11.5 Å². The van der Waals surface area contributed by atoms with Crippen LogP contribution in [0.4, 0.5) is 9.18 Å². The number of carbonyl (C=O) groups is 1. The topological polar surface area (TPSA) is 127 Å². The van der Waals surface area contributed by atoms with Gasteiger partial charge in [-0.05, 0) is 12.1 Å². The van der Waals surface area contributed by atoms with E-state index in [0.29, 0.717) is 0 Å². The van der Waals surface area contributed by atoms with Gasteiger partial charge in [0.2, 0.25) is 10.0 Å². The first kappa shape index (κ1) is 16.3. The molecule has 20 heavy (non-hydrogen) atoms. The number of rotatable bonds is 6. The Balaban J connectivity index is 2.96. The average molecular weight is 320 g/mol. The summed E-state index contributed by atoms with van der Waals surface area (Å²) in [4.78, 5) is 9.71. The summed E-state index contributed by atoms with van der Waals surface area (Å²) in [6.07, 6.45) is 0. The van der Waals surface area contributed by atoms with E-state index in [1.165, 1.54) is 12.1 Å². The van der Waals surface area contributed by atoms with E-state index in [1.54, 1.807) is 0 Å². The molecule has 0 aromatic heterocycles. The van der Waals surface area contributed by atoms with Gasteiger partial charge in [0, 0.05) is 13.1 Å². The highest BCUT2D eigenvalue weighted by molar-refractivity contribution is 7.89. The van der Waals surface area contributed by atoms with Crippen molar-refractivity contribution in [1.82, 2.24) is 10.0 Å². The first-order chi connectivity index (χ1) is 9.25. The maximum atomic E-state index is 13.6. The lowest BCUT2D eigenvalue weighted by molar-refractivity contribution is 0.249. The molecule has 0 spiro atoms. The van der Waals surface area contributed by atoms with Gasteiger partial charge in [0.25, 0.3) is 0 Å². The summed E-state index contributed by atoms with van der Waals surface area (Å²) < 4.78 is 39.8. The fraction of sp³-hybridized carbons (Fsp3) is 0.200. The molecule has 1 rings (SSSR count). The summed E-state index contributed by atoms with van der Waals surface area (Å²) in [5.74, 6) is -0.823. The van der Waals surface area contributed by atoms with E-state index in [-0.39, 0.29) is 28.5 Å². The zero-order chi connectivity index (χ0) is 15.3. The number of thiocarbonyl (C=S) groups is 1. The van der Waals surface area contributed by atoms with Crippen molar-refractivity contribution >= 4 is 33.3 Å². The summed E-state index contributed by atoms with van der Waals surface area (Å²) in [7, 11) is -4.01. The quantitative estimate of drug-likeness (QED) is 0.411. The Labute approximate surface area is 120 Å². The van der Waals surface area contributed by atoms with E-state index in [1.807, 2.05) is 0 Å². The number of carbonyl (C=O) groups excluding carboxylic acids is 1. The average Bonchev–Trinajstić information content (AvgIpc) is 2.33. The number of nitrogens with two attached hydrogens (primary N) is 2. The third kappa shape index (κ3) is 4.11. The van der Waals surface area contributed by atoms with Crippen molar-refractivity contribution in [1.29, 1.82) is 0 Å². The van der Waals surface area contributed by atoms with Crippen LogP contribution < -0.4 is 21.5 Å². The molecule has 0 saturated carbocycles. The van der Waals surface area contributed by atoms with Crippen LogP contribution in [0.15, 0.2) is 23.1 Å². The molecule has 0 heterocycles. The van der Waals surface area contributed by atoms with E-state index >= 15 is 0 Å². The molecule has 0 aliphatic heterocycles. The van der Waals surface area contributed by atoms with Gasteiger partial charge < -0.3 is 16.8 Å². The highest BCUT2D eigenvalue weighted by Crippen LogP contribution is 2.18. The molecule has 0 aliphatic carbocycles. The maximum absolute atomic E-state index is 13.6. The molecule has 0 fully saturated rings. The van der Waals surface area contributed by atoms with Gasteiger partial charge in [0.1, 0.15) is 10.8 Å². The Morgan fingerprint density at radius 1 is 1.30 bits per heavy atom. The number of benzene rings is 1. The number of halogens is 1. The van der Waals surface area contributed by atoms with Crippen LogP contribution in [-0.4, -0.2) is 32.5 Å². The number of nitrogens with one attached hydrogen (secondary N) is 2. The summed E-state index contributed by atoms with van der Waals surface area (Å²) in [6.45, 7) is -0.120. The van der Waals surface area contributed by atoms with Crippen molar-refractivity contribution in [2.24, 2.45) is 11.5 Å².